The molecule has 1 aromatic carbocycles. The Morgan fingerprint density at radius 1 is 1.43 bits per heavy atom. The third-order valence-corrected chi connectivity index (χ3v) is 3.73. The number of hydrogen-bond acceptors (Lipinski definition) is 1. The highest BCUT2D eigenvalue weighted by atomic mass is 35.5. The van der Waals surface area contributed by atoms with Crippen LogP contribution in [-0.4, -0.2) is 16.5 Å². The highest BCUT2D eigenvalue weighted by Gasteiger charge is 2.66. The first-order chi connectivity index (χ1) is 6.58. The van der Waals surface area contributed by atoms with Crippen LogP contribution in [0.2, 0.25) is 0 Å². The summed E-state index contributed by atoms with van der Waals surface area (Å²) in [6, 6.07) is 9.56. The van der Waals surface area contributed by atoms with E-state index in [1.54, 1.807) is 6.92 Å². The molecule has 0 aromatic heterocycles. The normalized spacial score (nSPS) is 35.3. The minimum atomic E-state index is -0.814. The van der Waals surface area contributed by atoms with E-state index in [1.807, 2.05) is 30.3 Å². The molecule has 0 heterocycles. The van der Waals surface area contributed by atoms with Crippen molar-refractivity contribution in [1.82, 2.24) is 0 Å². The summed E-state index contributed by atoms with van der Waals surface area (Å²) in [5.41, 5.74) is 0.223. The first kappa shape index (κ1) is 9.53. The molecule has 3 atom stereocenters. The Kier molecular flexibility index (Phi) is 2.04. The molecular formula is C11H11ClO2. The van der Waals surface area contributed by atoms with Gasteiger partial charge < -0.3 is 5.11 Å². The fourth-order valence-corrected chi connectivity index (χ4v) is 2.45. The van der Waals surface area contributed by atoms with Crippen LogP contribution >= 0.6 is 11.6 Å². The SMILES string of the molecule is C[C@]1(C(=O)O)[C@H](Cl)[C@@H]1c1ccccc1. The lowest BCUT2D eigenvalue weighted by Crippen LogP contribution is -2.14. The van der Waals surface area contributed by atoms with Gasteiger partial charge >= 0.3 is 5.97 Å². The zero-order valence-corrected chi connectivity index (χ0v) is 8.53. The van der Waals surface area contributed by atoms with Gasteiger partial charge in [0.15, 0.2) is 0 Å². The lowest BCUT2D eigenvalue weighted by molar-refractivity contribution is -0.142. The van der Waals surface area contributed by atoms with E-state index in [0.29, 0.717) is 0 Å². The molecule has 0 amide bonds. The van der Waals surface area contributed by atoms with Crippen molar-refractivity contribution in [3.8, 4) is 0 Å². The van der Waals surface area contributed by atoms with Crippen molar-refractivity contribution in [2.24, 2.45) is 5.41 Å². The van der Waals surface area contributed by atoms with E-state index in [2.05, 4.69) is 0 Å². The Balaban J connectivity index is 2.29. The number of benzene rings is 1. The fourth-order valence-electron chi connectivity index (χ4n) is 1.89. The number of aliphatic carboxylic acids is 1. The van der Waals surface area contributed by atoms with Crippen LogP contribution in [0.1, 0.15) is 18.4 Å². The molecule has 2 rings (SSSR count). The third-order valence-electron chi connectivity index (χ3n) is 3.02. The van der Waals surface area contributed by atoms with Gasteiger partial charge in [0.05, 0.1) is 10.8 Å². The van der Waals surface area contributed by atoms with Crippen LogP contribution in [0, 0.1) is 5.41 Å². The van der Waals surface area contributed by atoms with Crippen molar-refractivity contribution in [3.63, 3.8) is 0 Å². The van der Waals surface area contributed by atoms with Crippen LogP contribution in [-0.2, 0) is 4.79 Å². The summed E-state index contributed by atoms with van der Waals surface area (Å²) in [7, 11) is 0. The summed E-state index contributed by atoms with van der Waals surface area (Å²) >= 11 is 6.01. The minimum absolute atomic E-state index is 0.0529. The van der Waals surface area contributed by atoms with E-state index in [0.717, 1.165) is 5.56 Å². The van der Waals surface area contributed by atoms with Crippen LogP contribution < -0.4 is 0 Å². The second-order valence-corrected chi connectivity index (χ2v) is 4.35. The molecule has 1 fully saturated rings. The van der Waals surface area contributed by atoms with Gasteiger partial charge in [0, 0.05) is 5.92 Å². The van der Waals surface area contributed by atoms with Gasteiger partial charge in [-0.15, -0.1) is 11.6 Å². The maximum absolute atomic E-state index is 11.0. The molecule has 1 saturated carbocycles. The molecule has 0 bridgehead atoms. The minimum Gasteiger partial charge on any atom is -0.481 e. The molecule has 0 saturated heterocycles. The van der Waals surface area contributed by atoms with Crippen molar-refractivity contribution in [1.29, 1.82) is 0 Å². The summed E-state index contributed by atoms with van der Waals surface area (Å²) in [5, 5.41) is 8.74. The van der Waals surface area contributed by atoms with Crippen molar-refractivity contribution in [3.05, 3.63) is 35.9 Å². The van der Waals surface area contributed by atoms with Gasteiger partial charge in [0.2, 0.25) is 0 Å². The van der Waals surface area contributed by atoms with E-state index in [9.17, 15) is 4.79 Å². The van der Waals surface area contributed by atoms with Gasteiger partial charge in [0.25, 0.3) is 0 Å². The van der Waals surface area contributed by atoms with Gasteiger partial charge in [-0.25, -0.2) is 0 Å². The highest BCUT2D eigenvalue weighted by molar-refractivity contribution is 6.26. The maximum atomic E-state index is 11.0. The fraction of sp³-hybridized carbons (Fsp3) is 0.364. The number of rotatable bonds is 2. The van der Waals surface area contributed by atoms with Crippen LogP contribution in [0.25, 0.3) is 0 Å². The molecular weight excluding hydrogens is 200 g/mol. The lowest BCUT2D eigenvalue weighted by Gasteiger charge is -2.03. The molecule has 1 aromatic rings. The van der Waals surface area contributed by atoms with Crippen molar-refractivity contribution < 1.29 is 9.90 Å². The summed E-state index contributed by atoms with van der Waals surface area (Å²) < 4.78 is 0. The first-order valence-electron chi connectivity index (χ1n) is 4.51. The Morgan fingerprint density at radius 2 is 2.00 bits per heavy atom. The molecule has 0 unspecified atom stereocenters. The smallest absolute Gasteiger partial charge is 0.311 e. The number of carbonyl (C=O) groups is 1. The highest BCUT2D eigenvalue weighted by Crippen LogP contribution is 2.62. The van der Waals surface area contributed by atoms with Gasteiger partial charge in [-0.1, -0.05) is 30.3 Å². The van der Waals surface area contributed by atoms with E-state index < -0.39 is 11.4 Å². The molecule has 1 aliphatic rings. The standard InChI is InChI=1S/C11H11ClO2/c1-11(10(13)14)8(9(11)12)7-5-3-2-4-6-7/h2-6,8-9H,1H3,(H,13,14)/t8-,9+,11+/m0/s1. The second kappa shape index (κ2) is 2.99. The molecule has 74 valence electrons. The zero-order valence-electron chi connectivity index (χ0n) is 7.77. The number of halogens is 1. The lowest BCUT2D eigenvalue weighted by atomic mass is 10.0. The zero-order chi connectivity index (χ0) is 10.3. The predicted molar refractivity (Wildman–Crippen MR) is 54.6 cm³/mol. The first-order valence-corrected chi connectivity index (χ1v) is 4.94. The monoisotopic (exact) mass is 210 g/mol. The topological polar surface area (TPSA) is 37.3 Å². The van der Waals surface area contributed by atoms with Crippen LogP contribution in [0.15, 0.2) is 30.3 Å². The van der Waals surface area contributed by atoms with Gasteiger partial charge in [-0.3, -0.25) is 4.79 Å². The van der Waals surface area contributed by atoms with Gasteiger partial charge in [-0.05, 0) is 12.5 Å². The summed E-state index contributed by atoms with van der Waals surface area (Å²) in [5.74, 6) is -0.866. The maximum Gasteiger partial charge on any atom is 0.311 e. The number of carboxylic acids is 1. The third kappa shape index (κ3) is 1.14. The van der Waals surface area contributed by atoms with Crippen molar-refractivity contribution >= 4 is 17.6 Å². The Bertz CT molecular complexity index is 363. The molecule has 0 spiro atoms. The van der Waals surface area contributed by atoms with Gasteiger partial charge in [-0.2, -0.15) is 0 Å². The quantitative estimate of drug-likeness (QED) is 0.762. The van der Waals surface area contributed by atoms with Crippen LogP contribution in [0.5, 0.6) is 0 Å². The molecule has 14 heavy (non-hydrogen) atoms. The van der Waals surface area contributed by atoms with E-state index >= 15 is 0 Å². The van der Waals surface area contributed by atoms with Crippen molar-refractivity contribution in [2.75, 3.05) is 0 Å². The molecule has 0 aliphatic heterocycles. The Morgan fingerprint density at radius 3 is 2.43 bits per heavy atom. The number of alkyl halides is 1. The number of carboxylic acid groups (broad SMARTS) is 1. The summed E-state index contributed by atoms with van der Waals surface area (Å²) in [6.45, 7) is 1.70. The van der Waals surface area contributed by atoms with Gasteiger partial charge in [0.1, 0.15) is 0 Å². The number of hydrogen-bond donors (Lipinski definition) is 1. The second-order valence-electron chi connectivity index (χ2n) is 3.88. The molecule has 0 radical (unpaired) electrons. The van der Waals surface area contributed by atoms with Crippen LogP contribution in [0.3, 0.4) is 0 Å². The average molecular weight is 211 g/mol. The Hall–Kier alpha value is -1.02. The largest absolute Gasteiger partial charge is 0.481 e. The van der Waals surface area contributed by atoms with Crippen molar-refractivity contribution in [2.45, 2.75) is 18.2 Å². The van der Waals surface area contributed by atoms with E-state index in [-0.39, 0.29) is 11.3 Å². The molecule has 3 heteroatoms. The predicted octanol–water partition coefficient (Wildman–Crippen LogP) is 2.48. The summed E-state index contributed by atoms with van der Waals surface area (Å²) in [4.78, 5) is 11.0. The van der Waals surface area contributed by atoms with E-state index in [1.165, 1.54) is 0 Å². The molecule has 1 N–H and O–H groups in total. The molecule has 2 nitrogen and oxygen atoms in total. The Labute approximate surface area is 87.5 Å². The van der Waals surface area contributed by atoms with E-state index in [4.69, 9.17) is 16.7 Å². The summed E-state index contributed by atoms with van der Waals surface area (Å²) in [6.07, 6.45) is 0. The molecule has 1 aliphatic carbocycles. The average Bonchev–Trinajstić information content (AvgIpc) is 2.73. The van der Waals surface area contributed by atoms with Crippen LogP contribution in [0.4, 0.5) is 0 Å².